The molecule has 84 valence electrons. The number of benzene rings is 1. The molecular formula is C13H14BrNO. The third-order valence-corrected chi connectivity index (χ3v) is 2.72. The summed E-state index contributed by atoms with van der Waals surface area (Å²) in [5, 5.41) is 2.85. The van der Waals surface area contributed by atoms with Crippen molar-refractivity contribution in [1.29, 1.82) is 0 Å². The number of unbranched alkanes of at least 4 members (excludes halogenated alkanes) is 1. The minimum atomic E-state index is 0.0322. The minimum Gasteiger partial charge on any atom is -0.325 e. The Labute approximate surface area is 105 Å². The third-order valence-electron chi connectivity index (χ3n) is 2.03. The van der Waals surface area contributed by atoms with E-state index in [9.17, 15) is 4.79 Å². The number of hydrogen-bond donors (Lipinski definition) is 1. The van der Waals surface area contributed by atoms with E-state index in [2.05, 4.69) is 33.1 Å². The molecule has 16 heavy (non-hydrogen) atoms. The molecule has 1 rings (SSSR count). The zero-order valence-corrected chi connectivity index (χ0v) is 10.8. The van der Waals surface area contributed by atoms with E-state index in [0.717, 1.165) is 23.0 Å². The molecule has 0 aliphatic rings. The van der Waals surface area contributed by atoms with Crippen LogP contribution in [0.4, 0.5) is 5.69 Å². The van der Waals surface area contributed by atoms with Gasteiger partial charge >= 0.3 is 0 Å². The predicted octanol–water partition coefficient (Wildman–Crippen LogP) is 3.58. The number of hydrogen-bond acceptors (Lipinski definition) is 1. The van der Waals surface area contributed by atoms with Crippen LogP contribution in [0.5, 0.6) is 0 Å². The zero-order valence-electron chi connectivity index (χ0n) is 9.22. The number of anilines is 1. The molecule has 1 amide bonds. The molecule has 0 fully saturated rings. The Balaban J connectivity index is 2.39. The summed E-state index contributed by atoms with van der Waals surface area (Å²) in [6.45, 7) is 1.81. The van der Waals surface area contributed by atoms with Crippen LogP contribution in [0, 0.1) is 11.8 Å². The van der Waals surface area contributed by atoms with Gasteiger partial charge in [0.15, 0.2) is 0 Å². The topological polar surface area (TPSA) is 29.1 Å². The molecule has 0 atom stereocenters. The Morgan fingerprint density at radius 2 is 2.19 bits per heavy atom. The van der Waals surface area contributed by atoms with Crippen LogP contribution in [-0.4, -0.2) is 5.91 Å². The lowest BCUT2D eigenvalue weighted by atomic mass is 10.2. The van der Waals surface area contributed by atoms with Gasteiger partial charge in [0.25, 0.3) is 0 Å². The highest BCUT2D eigenvalue weighted by Crippen LogP contribution is 2.21. The van der Waals surface area contributed by atoms with Crippen LogP contribution in [0.2, 0.25) is 0 Å². The lowest BCUT2D eigenvalue weighted by Crippen LogP contribution is -2.11. The molecule has 0 spiro atoms. The molecule has 1 aromatic carbocycles. The van der Waals surface area contributed by atoms with Gasteiger partial charge in [-0.2, -0.15) is 0 Å². The molecule has 1 N–H and O–H groups in total. The minimum absolute atomic E-state index is 0.0322. The van der Waals surface area contributed by atoms with Crippen molar-refractivity contribution in [1.82, 2.24) is 0 Å². The highest BCUT2D eigenvalue weighted by Gasteiger charge is 2.03. The van der Waals surface area contributed by atoms with E-state index in [-0.39, 0.29) is 5.91 Å². The van der Waals surface area contributed by atoms with Crippen LogP contribution in [-0.2, 0) is 4.79 Å². The summed E-state index contributed by atoms with van der Waals surface area (Å²) >= 11 is 3.38. The number of carbonyl (C=O) groups excluding carboxylic acids is 1. The van der Waals surface area contributed by atoms with E-state index >= 15 is 0 Å². The number of carbonyl (C=O) groups is 1. The van der Waals surface area contributed by atoms with Gasteiger partial charge in [-0.3, -0.25) is 4.79 Å². The third kappa shape index (κ3) is 4.50. The molecule has 0 aliphatic heterocycles. The van der Waals surface area contributed by atoms with Crippen molar-refractivity contribution >= 4 is 27.5 Å². The molecule has 0 radical (unpaired) electrons. The fraction of sp³-hybridized carbons (Fsp3) is 0.308. The predicted molar refractivity (Wildman–Crippen MR) is 70.1 cm³/mol. The van der Waals surface area contributed by atoms with E-state index in [1.807, 2.05) is 24.3 Å². The van der Waals surface area contributed by atoms with Gasteiger partial charge in [-0.25, -0.2) is 0 Å². The maximum Gasteiger partial charge on any atom is 0.224 e. The SMILES string of the molecule is CC#CCCCC(=O)Nc1ccccc1Br. The van der Waals surface area contributed by atoms with Crippen molar-refractivity contribution in [3.63, 3.8) is 0 Å². The molecule has 3 heteroatoms. The average molecular weight is 280 g/mol. The number of rotatable bonds is 4. The summed E-state index contributed by atoms with van der Waals surface area (Å²) in [7, 11) is 0. The van der Waals surface area contributed by atoms with E-state index in [1.165, 1.54) is 0 Å². The highest BCUT2D eigenvalue weighted by molar-refractivity contribution is 9.10. The van der Waals surface area contributed by atoms with Crippen LogP contribution in [0.3, 0.4) is 0 Å². The van der Waals surface area contributed by atoms with Gasteiger partial charge in [-0.1, -0.05) is 12.1 Å². The van der Waals surface area contributed by atoms with Crippen LogP contribution in [0.15, 0.2) is 28.7 Å². The highest BCUT2D eigenvalue weighted by atomic mass is 79.9. The largest absolute Gasteiger partial charge is 0.325 e. The molecule has 0 bridgehead atoms. The van der Waals surface area contributed by atoms with Gasteiger partial charge in [0.1, 0.15) is 0 Å². The summed E-state index contributed by atoms with van der Waals surface area (Å²) in [6.07, 6.45) is 2.09. The van der Waals surface area contributed by atoms with Gasteiger partial charge in [-0.15, -0.1) is 11.8 Å². The van der Waals surface area contributed by atoms with E-state index < -0.39 is 0 Å². The fourth-order valence-corrected chi connectivity index (χ4v) is 1.62. The second-order valence-electron chi connectivity index (χ2n) is 3.31. The average Bonchev–Trinajstić information content (AvgIpc) is 2.28. The Kier molecular flexibility index (Phi) is 5.66. The van der Waals surface area contributed by atoms with Gasteiger partial charge in [0.05, 0.1) is 5.69 Å². The molecule has 0 saturated carbocycles. The van der Waals surface area contributed by atoms with Gasteiger partial charge < -0.3 is 5.32 Å². The lowest BCUT2D eigenvalue weighted by molar-refractivity contribution is -0.116. The first-order chi connectivity index (χ1) is 7.74. The standard InChI is InChI=1S/C13H14BrNO/c1-2-3-4-5-10-13(16)15-12-9-7-6-8-11(12)14/h6-9H,4-5,10H2,1H3,(H,15,16). The fourth-order valence-electron chi connectivity index (χ4n) is 1.24. The number of nitrogens with one attached hydrogen (secondary N) is 1. The number of amides is 1. The molecule has 0 aliphatic carbocycles. The Morgan fingerprint density at radius 1 is 1.44 bits per heavy atom. The molecule has 0 aromatic heterocycles. The molecule has 0 unspecified atom stereocenters. The van der Waals surface area contributed by atoms with Crippen molar-refractivity contribution < 1.29 is 4.79 Å². The maximum absolute atomic E-state index is 11.5. The van der Waals surface area contributed by atoms with Crippen LogP contribution >= 0.6 is 15.9 Å². The number of para-hydroxylation sites is 1. The monoisotopic (exact) mass is 279 g/mol. The van der Waals surface area contributed by atoms with Gasteiger partial charge in [0.2, 0.25) is 5.91 Å². The lowest BCUT2D eigenvalue weighted by Gasteiger charge is -2.06. The van der Waals surface area contributed by atoms with Crippen LogP contribution in [0.25, 0.3) is 0 Å². The van der Waals surface area contributed by atoms with Crippen molar-refractivity contribution in [2.24, 2.45) is 0 Å². The summed E-state index contributed by atoms with van der Waals surface area (Å²) in [5.41, 5.74) is 0.814. The molecule has 1 aromatic rings. The van der Waals surface area contributed by atoms with Gasteiger partial charge in [-0.05, 0) is 41.4 Å². The van der Waals surface area contributed by atoms with E-state index in [0.29, 0.717) is 6.42 Å². The Morgan fingerprint density at radius 3 is 2.88 bits per heavy atom. The molecule has 2 nitrogen and oxygen atoms in total. The second kappa shape index (κ2) is 7.08. The zero-order chi connectivity index (χ0) is 11.8. The van der Waals surface area contributed by atoms with Crippen LogP contribution in [0.1, 0.15) is 26.2 Å². The summed E-state index contributed by atoms with van der Waals surface area (Å²) in [6, 6.07) is 7.57. The van der Waals surface area contributed by atoms with Crippen LogP contribution < -0.4 is 5.32 Å². The van der Waals surface area contributed by atoms with Gasteiger partial charge in [0, 0.05) is 17.3 Å². The first kappa shape index (κ1) is 12.8. The normalized spacial score (nSPS) is 9.12. The number of halogens is 1. The maximum atomic E-state index is 11.5. The summed E-state index contributed by atoms with van der Waals surface area (Å²) in [5.74, 6) is 5.78. The van der Waals surface area contributed by atoms with E-state index in [4.69, 9.17) is 0 Å². The molecule has 0 heterocycles. The molecular weight excluding hydrogens is 266 g/mol. The Bertz CT molecular complexity index is 417. The summed E-state index contributed by atoms with van der Waals surface area (Å²) < 4.78 is 0.900. The molecule has 0 saturated heterocycles. The first-order valence-electron chi connectivity index (χ1n) is 5.18. The smallest absolute Gasteiger partial charge is 0.224 e. The van der Waals surface area contributed by atoms with E-state index in [1.54, 1.807) is 6.92 Å². The van der Waals surface area contributed by atoms with Crippen molar-refractivity contribution in [2.45, 2.75) is 26.2 Å². The summed E-state index contributed by atoms with van der Waals surface area (Å²) in [4.78, 5) is 11.5. The second-order valence-corrected chi connectivity index (χ2v) is 4.16. The van der Waals surface area contributed by atoms with Crippen molar-refractivity contribution in [2.75, 3.05) is 5.32 Å². The first-order valence-corrected chi connectivity index (χ1v) is 5.97. The van der Waals surface area contributed by atoms with Crippen molar-refractivity contribution in [3.05, 3.63) is 28.7 Å². The Hall–Kier alpha value is -1.27. The quantitative estimate of drug-likeness (QED) is 0.663. The van der Waals surface area contributed by atoms with Crippen molar-refractivity contribution in [3.8, 4) is 11.8 Å².